The van der Waals surface area contributed by atoms with Gasteiger partial charge in [0.25, 0.3) is 0 Å². The lowest BCUT2D eigenvalue weighted by molar-refractivity contribution is 1.20. The van der Waals surface area contributed by atoms with Crippen molar-refractivity contribution in [3.63, 3.8) is 0 Å². The summed E-state index contributed by atoms with van der Waals surface area (Å²) in [7, 11) is -2.16. The van der Waals surface area contributed by atoms with Crippen molar-refractivity contribution >= 4 is 18.4 Å². The maximum Gasteiger partial charge on any atom is 0.160 e. The first-order chi connectivity index (χ1) is 31.0. The third-order valence-electron chi connectivity index (χ3n) is 12.7. The fourth-order valence-corrected chi connectivity index (χ4v) is 12.6. The average Bonchev–Trinajstić information content (AvgIpc) is 3.60. The Morgan fingerprint density at radius 1 is 0.270 bits per heavy atom. The summed E-state index contributed by atoms with van der Waals surface area (Å²) in [5.74, 6) is 0.741. The first-order valence-electron chi connectivity index (χ1n) is 21.7. The van der Waals surface area contributed by atoms with E-state index in [4.69, 9.17) is 9.97 Å². The molecule has 298 valence electrons. The van der Waals surface area contributed by atoms with Crippen molar-refractivity contribution in [3.8, 4) is 101 Å². The Kier molecular flexibility index (Phi) is 9.68. The molecule has 2 nitrogen and oxygen atoms in total. The molecule has 10 aromatic rings. The molecule has 11 rings (SSSR count). The second kappa shape index (κ2) is 16.0. The van der Waals surface area contributed by atoms with Crippen LogP contribution in [-0.4, -0.2) is 18.0 Å². The van der Waals surface area contributed by atoms with Gasteiger partial charge >= 0.3 is 0 Å². The molecule has 0 aliphatic carbocycles. The van der Waals surface area contributed by atoms with Crippen LogP contribution in [-0.2, 0) is 0 Å². The van der Waals surface area contributed by atoms with Gasteiger partial charge in [0.1, 0.15) is 8.07 Å². The molecule has 0 saturated carbocycles. The number of nitrogens with zero attached hydrogens (tertiary/aromatic N) is 2. The Morgan fingerprint density at radius 2 is 0.587 bits per heavy atom. The van der Waals surface area contributed by atoms with Gasteiger partial charge in [-0.1, -0.05) is 213 Å². The quantitative estimate of drug-likeness (QED) is 0.143. The number of fused-ring (bicyclic) bond motifs is 3. The molecule has 0 spiro atoms. The SMILES string of the molecule is C[Si]1(C)c2ccccc2-c2nc(-c3cccc(-c4cccc(-c5cccc(-c6ccccc6)c5)c4)c3)nc(-c3cccc(-c4cccc(-c5ccc(-c6ccccc6)cc5)c4)c3)c21. The third kappa shape index (κ3) is 7.23. The molecule has 0 atom stereocenters. The van der Waals surface area contributed by atoms with Crippen LogP contribution in [0.4, 0.5) is 0 Å². The molecule has 9 aromatic carbocycles. The summed E-state index contributed by atoms with van der Waals surface area (Å²) in [5, 5.41) is 2.72. The predicted molar refractivity (Wildman–Crippen MR) is 268 cm³/mol. The van der Waals surface area contributed by atoms with Crippen molar-refractivity contribution in [3.05, 3.63) is 231 Å². The summed E-state index contributed by atoms with van der Waals surface area (Å²) in [6, 6.07) is 83.1. The molecule has 1 aliphatic heterocycles. The summed E-state index contributed by atoms with van der Waals surface area (Å²) >= 11 is 0. The Hall–Kier alpha value is -7.72. The van der Waals surface area contributed by atoms with E-state index >= 15 is 0 Å². The van der Waals surface area contributed by atoms with Crippen molar-refractivity contribution in [1.29, 1.82) is 0 Å². The Labute approximate surface area is 370 Å². The van der Waals surface area contributed by atoms with Crippen LogP contribution >= 0.6 is 0 Å². The van der Waals surface area contributed by atoms with Gasteiger partial charge in [0, 0.05) is 11.1 Å². The van der Waals surface area contributed by atoms with E-state index < -0.39 is 8.07 Å². The highest BCUT2D eigenvalue weighted by atomic mass is 28.3. The molecule has 3 heteroatoms. The molecule has 0 bridgehead atoms. The minimum atomic E-state index is -2.16. The lowest BCUT2D eigenvalue weighted by Crippen LogP contribution is -2.50. The molecule has 0 fully saturated rings. The smallest absolute Gasteiger partial charge is 0.160 e. The van der Waals surface area contributed by atoms with Crippen molar-refractivity contribution in [2.45, 2.75) is 13.1 Å². The predicted octanol–water partition coefficient (Wildman–Crippen LogP) is 14.6. The molecule has 1 aromatic heterocycles. The maximum atomic E-state index is 5.56. The van der Waals surface area contributed by atoms with E-state index in [1.807, 2.05) is 0 Å². The molecule has 0 radical (unpaired) electrons. The van der Waals surface area contributed by atoms with Gasteiger partial charge in [-0.25, -0.2) is 9.97 Å². The van der Waals surface area contributed by atoms with Gasteiger partial charge in [0.2, 0.25) is 0 Å². The molecule has 0 saturated heterocycles. The lowest BCUT2D eigenvalue weighted by atomic mass is 9.95. The second-order valence-electron chi connectivity index (χ2n) is 17.0. The lowest BCUT2D eigenvalue weighted by Gasteiger charge is -2.22. The molecule has 2 heterocycles. The van der Waals surface area contributed by atoms with Gasteiger partial charge in [0.15, 0.2) is 5.82 Å². The normalized spacial score (nSPS) is 12.4. The summed E-state index contributed by atoms with van der Waals surface area (Å²) in [6.07, 6.45) is 0. The molecule has 0 unspecified atom stereocenters. The number of hydrogen-bond donors (Lipinski definition) is 0. The van der Waals surface area contributed by atoms with E-state index in [9.17, 15) is 0 Å². The highest BCUT2D eigenvalue weighted by Crippen LogP contribution is 2.37. The molecule has 0 amide bonds. The van der Waals surface area contributed by atoms with Crippen LogP contribution in [0.3, 0.4) is 0 Å². The van der Waals surface area contributed by atoms with Crippen LogP contribution in [0.1, 0.15) is 0 Å². The topological polar surface area (TPSA) is 25.8 Å². The largest absolute Gasteiger partial charge is 0.228 e. The average molecular weight is 821 g/mol. The standard InChI is InChI=1S/C60H44N2Si/c1-63(2)56-31-10-9-30-55(56)58-59(63)57(53-28-14-26-51(39-53)48-23-12-21-46(37-48)44-34-32-43(33-35-44)41-16-5-3-6-17-41)61-60(62-58)54-29-15-27-52(40-54)50-25-13-24-49(38-50)47-22-11-20-45(36-47)42-18-7-4-8-19-42/h3-40H,1-2H3. The minimum absolute atomic E-state index is 0.741. The molecule has 63 heavy (non-hydrogen) atoms. The van der Waals surface area contributed by atoms with E-state index in [2.05, 4.69) is 244 Å². The van der Waals surface area contributed by atoms with Crippen LogP contribution in [0, 0.1) is 0 Å². The fourth-order valence-electron chi connectivity index (χ4n) is 9.39. The zero-order valence-electron chi connectivity index (χ0n) is 35.3. The highest BCUT2D eigenvalue weighted by molar-refractivity contribution is 7.04. The fraction of sp³-hybridized carbons (Fsp3) is 0.0333. The maximum absolute atomic E-state index is 5.56. The number of benzene rings is 9. The molecule has 1 aliphatic rings. The van der Waals surface area contributed by atoms with Crippen molar-refractivity contribution in [1.82, 2.24) is 9.97 Å². The van der Waals surface area contributed by atoms with E-state index in [1.54, 1.807) is 0 Å². The Balaban J connectivity index is 0.975. The molecular formula is C60H44N2Si. The van der Waals surface area contributed by atoms with Gasteiger partial charge in [-0.3, -0.25) is 0 Å². The van der Waals surface area contributed by atoms with Gasteiger partial charge in [-0.15, -0.1) is 0 Å². The number of rotatable bonds is 8. The van der Waals surface area contributed by atoms with Gasteiger partial charge in [0.05, 0.1) is 11.4 Å². The van der Waals surface area contributed by atoms with Crippen LogP contribution in [0.25, 0.3) is 101 Å². The summed E-state index contributed by atoms with van der Waals surface area (Å²) in [6.45, 7) is 4.90. The highest BCUT2D eigenvalue weighted by Gasteiger charge is 2.41. The van der Waals surface area contributed by atoms with Crippen LogP contribution < -0.4 is 10.4 Å². The van der Waals surface area contributed by atoms with E-state index in [0.29, 0.717) is 0 Å². The zero-order valence-corrected chi connectivity index (χ0v) is 36.3. The minimum Gasteiger partial charge on any atom is -0.228 e. The second-order valence-corrected chi connectivity index (χ2v) is 21.3. The van der Waals surface area contributed by atoms with Gasteiger partial charge < -0.3 is 0 Å². The Bertz CT molecular complexity index is 3300. The summed E-state index contributed by atoms with van der Waals surface area (Å²) < 4.78 is 0. The van der Waals surface area contributed by atoms with E-state index in [0.717, 1.165) is 45.0 Å². The van der Waals surface area contributed by atoms with Crippen molar-refractivity contribution in [2.24, 2.45) is 0 Å². The number of aromatic nitrogens is 2. The zero-order chi connectivity index (χ0) is 42.3. The van der Waals surface area contributed by atoms with Crippen molar-refractivity contribution < 1.29 is 0 Å². The van der Waals surface area contributed by atoms with Crippen LogP contribution in [0.5, 0.6) is 0 Å². The Morgan fingerprint density at radius 3 is 1.10 bits per heavy atom. The van der Waals surface area contributed by atoms with Crippen molar-refractivity contribution in [2.75, 3.05) is 0 Å². The van der Waals surface area contributed by atoms with Gasteiger partial charge in [-0.2, -0.15) is 0 Å². The summed E-state index contributed by atoms with van der Waals surface area (Å²) in [5.41, 5.74) is 19.7. The monoisotopic (exact) mass is 820 g/mol. The van der Waals surface area contributed by atoms with E-state index in [1.165, 1.54) is 66.0 Å². The number of hydrogen-bond acceptors (Lipinski definition) is 2. The third-order valence-corrected chi connectivity index (χ3v) is 16.2. The molecular weight excluding hydrogens is 777 g/mol. The first-order valence-corrected chi connectivity index (χ1v) is 24.7. The van der Waals surface area contributed by atoms with Gasteiger partial charge in [-0.05, 0) is 113 Å². The van der Waals surface area contributed by atoms with Crippen LogP contribution in [0.2, 0.25) is 13.1 Å². The van der Waals surface area contributed by atoms with Crippen LogP contribution in [0.15, 0.2) is 231 Å². The first kappa shape index (κ1) is 38.2. The summed E-state index contributed by atoms with van der Waals surface area (Å²) in [4.78, 5) is 11.0. The molecule has 0 N–H and O–H groups in total. The van der Waals surface area contributed by atoms with E-state index in [-0.39, 0.29) is 0 Å².